The van der Waals surface area contributed by atoms with Crippen molar-refractivity contribution in [2.75, 3.05) is 46.5 Å². The monoisotopic (exact) mass is 410 g/mol. The molecule has 1 saturated heterocycles. The number of methoxy groups -OCH3 is 1. The largest absolute Gasteiger partial charge is 0.497 e. The molecule has 0 saturated carbocycles. The van der Waals surface area contributed by atoms with Crippen LogP contribution in [0.3, 0.4) is 0 Å². The van der Waals surface area contributed by atoms with Gasteiger partial charge in [-0.25, -0.2) is 4.99 Å². The average Bonchev–Trinajstić information content (AvgIpc) is 2.79. The molecule has 1 aliphatic rings. The van der Waals surface area contributed by atoms with Crippen molar-refractivity contribution >= 4 is 5.96 Å². The first-order valence-electron chi connectivity index (χ1n) is 10.8. The Balaban J connectivity index is 1.55. The number of nitrogens with zero attached hydrogens (tertiary/aromatic N) is 2. The molecule has 162 valence electrons. The third-order valence-electron chi connectivity index (χ3n) is 5.23. The highest BCUT2D eigenvalue weighted by Gasteiger charge is 2.12. The zero-order valence-corrected chi connectivity index (χ0v) is 18.2. The van der Waals surface area contributed by atoms with Crippen molar-refractivity contribution in [1.29, 1.82) is 0 Å². The Morgan fingerprint density at radius 2 is 1.77 bits per heavy atom. The van der Waals surface area contributed by atoms with E-state index in [0.29, 0.717) is 6.54 Å². The van der Waals surface area contributed by atoms with Crippen LogP contribution in [0.15, 0.2) is 53.5 Å². The van der Waals surface area contributed by atoms with Crippen LogP contribution in [-0.2, 0) is 24.2 Å². The summed E-state index contributed by atoms with van der Waals surface area (Å²) in [6.45, 7) is 9.01. The quantitative estimate of drug-likeness (QED) is 0.492. The van der Waals surface area contributed by atoms with E-state index >= 15 is 0 Å². The van der Waals surface area contributed by atoms with Crippen molar-refractivity contribution in [2.24, 2.45) is 4.99 Å². The van der Waals surface area contributed by atoms with Gasteiger partial charge in [-0.05, 0) is 42.2 Å². The summed E-state index contributed by atoms with van der Waals surface area (Å²) in [5, 5.41) is 6.80. The van der Waals surface area contributed by atoms with Crippen LogP contribution in [0.2, 0.25) is 0 Å². The first-order chi connectivity index (χ1) is 14.8. The molecule has 2 N–H and O–H groups in total. The normalized spacial score (nSPS) is 15.1. The van der Waals surface area contributed by atoms with Crippen LogP contribution in [0.25, 0.3) is 0 Å². The lowest BCUT2D eigenvalue weighted by Crippen LogP contribution is -2.38. The molecule has 1 aliphatic heterocycles. The Hall–Kier alpha value is -2.57. The number of hydrogen-bond donors (Lipinski definition) is 2. The molecular formula is C24H34N4O2. The highest BCUT2D eigenvalue weighted by molar-refractivity contribution is 5.79. The molecule has 0 atom stereocenters. The van der Waals surface area contributed by atoms with Crippen molar-refractivity contribution < 1.29 is 9.47 Å². The molecule has 1 fully saturated rings. The fourth-order valence-electron chi connectivity index (χ4n) is 3.49. The molecule has 6 nitrogen and oxygen atoms in total. The summed E-state index contributed by atoms with van der Waals surface area (Å²) in [7, 11) is 1.69. The van der Waals surface area contributed by atoms with E-state index in [1.807, 2.05) is 12.1 Å². The van der Waals surface area contributed by atoms with Crippen molar-refractivity contribution in [3.63, 3.8) is 0 Å². The fourth-order valence-corrected chi connectivity index (χ4v) is 3.49. The van der Waals surface area contributed by atoms with Crippen LogP contribution < -0.4 is 15.4 Å². The van der Waals surface area contributed by atoms with E-state index in [9.17, 15) is 0 Å². The standard InChI is InChI=1S/C24H34N4O2/c1-3-25-24(26-13-12-20-8-10-23(29-2)11-9-20)27-18-21-6-4-5-7-22(21)19-28-14-16-30-17-15-28/h4-11H,3,12-19H2,1-2H3,(H2,25,26,27). The molecule has 0 spiro atoms. The minimum absolute atomic E-state index is 0.665. The number of nitrogens with one attached hydrogen (secondary N) is 2. The van der Waals surface area contributed by atoms with Crippen molar-refractivity contribution in [3.8, 4) is 5.75 Å². The average molecular weight is 411 g/mol. The van der Waals surface area contributed by atoms with Crippen LogP contribution >= 0.6 is 0 Å². The van der Waals surface area contributed by atoms with Crippen LogP contribution in [0, 0.1) is 0 Å². The summed E-state index contributed by atoms with van der Waals surface area (Å²) in [6, 6.07) is 16.8. The van der Waals surface area contributed by atoms with Gasteiger partial charge in [-0.2, -0.15) is 0 Å². The van der Waals surface area contributed by atoms with Gasteiger partial charge >= 0.3 is 0 Å². The molecule has 1 heterocycles. The molecule has 0 radical (unpaired) electrons. The second kappa shape index (κ2) is 12.2. The second-order valence-electron chi connectivity index (χ2n) is 7.38. The molecule has 2 aromatic rings. The van der Waals surface area contributed by atoms with Gasteiger partial charge < -0.3 is 20.1 Å². The zero-order chi connectivity index (χ0) is 21.0. The Bertz CT molecular complexity index is 786. The molecule has 0 aromatic heterocycles. The maximum absolute atomic E-state index is 5.47. The van der Waals surface area contributed by atoms with Gasteiger partial charge in [-0.3, -0.25) is 4.90 Å². The van der Waals surface area contributed by atoms with Crippen molar-refractivity contribution in [2.45, 2.75) is 26.4 Å². The SMILES string of the molecule is CCNC(=NCc1ccccc1CN1CCOCC1)NCCc1ccc(OC)cc1. The lowest BCUT2D eigenvalue weighted by molar-refractivity contribution is 0.0341. The summed E-state index contributed by atoms with van der Waals surface area (Å²) in [5.41, 5.74) is 3.89. The number of benzene rings is 2. The van der Waals surface area contributed by atoms with E-state index in [2.05, 4.69) is 58.9 Å². The lowest BCUT2D eigenvalue weighted by atomic mass is 10.1. The highest BCUT2D eigenvalue weighted by atomic mass is 16.5. The topological polar surface area (TPSA) is 58.1 Å². The smallest absolute Gasteiger partial charge is 0.191 e. The maximum Gasteiger partial charge on any atom is 0.191 e. The molecule has 30 heavy (non-hydrogen) atoms. The fraction of sp³-hybridized carbons (Fsp3) is 0.458. The third kappa shape index (κ3) is 7.04. The summed E-state index contributed by atoms with van der Waals surface area (Å²) >= 11 is 0. The van der Waals surface area contributed by atoms with Gasteiger partial charge in [-0.15, -0.1) is 0 Å². The van der Waals surface area contributed by atoms with E-state index in [4.69, 9.17) is 14.5 Å². The third-order valence-corrected chi connectivity index (χ3v) is 5.23. The van der Waals surface area contributed by atoms with Gasteiger partial charge in [0, 0.05) is 32.7 Å². The molecule has 6 heteroatoms. The van der Waals surface area contributed by atoms with E-state index in [1.165, 1.54) is 16.7 Å². The van der Waals surface area contributed by atoms with Crippen LogP contribution in [-0.4, -0.2) is 57.4 Å². The molecule has 0 unspecified atom stereocenters. The first-order valence-corrected chi connectivity index (χ1v) is 10.8. The number of morpholine rings is 1. The number of rotatable bonds is 9. The van der Waals surface area contributed by atoms with Gasteiger partial charge in [0.25, 0.3) is 0 Å². The minimum atomic E-state index is 0.665. The predicted octanol–water partition coefficient (Wildman–Crippen LogP) is 2.83. The first kappa shape index (κ1) is 22.1. The Morgan fingerprint density at radius 1 is 1.03 bits per heavy atom. The van der Waals surface area contributed by atoms with Crippen LogP contribution in [0.1, 0.15) is 23.6 Å². The Kier molecular flexibility index (Phi) is 9.00. The Morgan fingerprint density at radius 3 is 2.47 bits per heavy atom. The number of aliphatic imine (C=N–C) groups is 1. The summed E-state index contributed by atoms with van der Waals surface area (Å²) < 4.78 is 10.7. The van der Waals surface area contributed by atoms with E-state index in [1.54, 1.807) is 7.11 Å². The van der Waals surface area contributed by atoms with E-state index in [0.717, 1.165) is 64.1 Å². The molecule has 0 amide bonds. The second-order valence-corrected chi connectivity index (χ2v) is 7.38. The minimum Gasteiger partial charge on any atom is -0.497 e. The molecule has 0 aliphatic carbocycles. The maximum atomic E-state index is 5.47. The van der Waals surface area contributed by atoms with E-state index < -0.39 is 0 Å². The number of hydrogen-bond acceptors (Lipinski definition) is 4. The molecular weight excluding hydrogens is 376 g/mol. The molecule has 3 rings (SSSR count). The molecule has 0 bridgehead atoms. The summed E-state index contributed by atoms with van der Waals surface area (Å²) in [6.07, 6.45) is 0.933. The Labute approximate surface area is 180 Å². The number of guanidine groups is 1. The van der Waals surface area contributed by atoms with Crippen molar-refractivity contribution in [3.05, 3.63) is 65.2 Å². The van der Waals surface area contributed by atoms with Gasteiger partial charge in [0.1, 0.15) is 5.75 Å². The highest BCUT2D eigenvalue weighted by Crippen LogP contribution is 2.14. The van der Waals surface area contributed by atoms with Gasteiger partial charge in [-0.1, -0.05) is 36.4 Å². The summed E-state index contributed by atoms with van der Waals surface area (Å²) in [4.78, 5) is 7.28. The van der Waals surface area contributed by atoms with Crippen LogP contribution in [0.4, 0.5) is 0 Å². The lowest BCUT2D eigenvalue weighted by Gasteiger charge is -2.27. The zero-order valence-electron chi connectivity index (χ0n) is 18.2. The number of ether oxygens (including phenoxy) is 2. The van der Waals surface area contributed by atoms with Crippen molar-refractivity contribution in [1.82, 2.24) is 15.5 Å². The summed E-state index contributed by atoms with van der Waals surface area (Å²) in [5.74, 6) is 1.74. The van der Waals surface area contributed by atoms with Gasteiger partial charge in [0.2, 0.25) is 0 Å². The predicted molar refractivity (Wildman–Crippen MR) is 122 cm³/mol. The van der Waals surface area contributed by atoms with E-state index in [-0.39, 0.29) is 0 Å². The van der Waals surface area contributed by atoms with Crippen LogP contribution in [0.5, 0.6) is 5.75 Å². The van der Waals surface area contributed by atoms with Gasteiger partial charge in [0.05, 0.1) is 26.9 Å². The van der Waals surface area contributed by atoms with Gasteiger partial charge in [0.15, 0.2) is 5.96 Å². The molecule has 2 aromatic carbocycles.